The van der Waals surface area contributed by atoms with E-state index in [1.165, 1.54) is 0 Å². The zero-order chi connectivity index (χ0) is 16.8. The van der Waals surface area contributed by atoms with Crippen LogP contribution < -0.4 is 5.32 Å². The Bertz CT molecular complexity index is 820. The third-order valence-corrected chi connectivity index (χ3v) is 4.08. The molecule has 0 saturated carbocycles. The molecule has 2 heterocycles. The van der Waals surface area contributed by atoms with Crippen LogP contribution in [0.15, 0.2) is 71.6 Å². The number of hydrogen-bond acceptors (Lipinski definition) is 3. The van der Waals surface area contributed by atoms with E-state index in [0.29, 0.717) is 13.0 Å². The lowest BCUT2D eigenvalue weighted by Crippen LogP contribution is -2.24. The predicted octanol–water partition coefficient (Wildman–Crippen LogP) is 3.77. The van der Waals surface area contributed by atoms with Gasteiger partial charge in [-0.15, -0.1) is 0 Å². The first-order chi connectivity index (χ1) is 11.7. The van der Waals surface area contributed by atoms with Crippen molar-refractivity contribution < 1.29 is 4.79 Å². The molecule has 3 rings (SSSR count). The molecule has 0 unspecified atom stereocenters. The van der Waals surface area contributed by atoms with Crippen LogP contribution in [0.3, 0.4) is 0 Å². The largest absolute Gasteiger partial charge is 0.352 e. The number of nitrogens with zero attached hydrogens (tertiary/aromatic N) is 2. The SMILES string of the molecule is O=C(Cc1ccc(Br)cc1)NCc1ccnc(-c2cccnc2)c1. The molecule has 0 atom stereocenters. The molecule has 0 aliphatic rings. The summed E-state index contributed by atoms with van der Waals surface area (Å²) >= 11 is 3.39. The van der Waals surface area contributed by atoms with Gasteiger partial charge in [-0.05, 0) is 47.5 Å². The molecule has 24 heavy (non-hydrogen) atoms. The fraction of sp³-hybridized carbons (Fsp3) is 0.105. The van der Waals surface area contributed by atoms with E-state index in [1.807, 2.05) is 48.5 Å². The first-order valence-electron chi connectivity index (χ1n) is 7.57. The highest BCUT2D eigenvalue weighted by molar-refractivity contribution is 9.10. The van der Waals surface area contributed by atoms with Gasteiger partial charge in [-0.1, -0.05) is 28.1 Å². The summed E-state index contributed by atoms with van der Waals surface area (Å²) in [7, 11) is 0. The van der Waals surface area contributed by atoms with Gasteiger partial charge in [-0.3, -0.25) is 14.8 Å². The summed E-state index contributed by atoms with van der Waals surface area (Å²) in [5.74, 6) is -0.00272. The number of carbonyl (C=O) groups excluding carboxylic acids is 1. The Labute approximate surface area is 149 Å². The molecule has 1 amide bonds. The van der Waals surface area contributed by atoms with Crippen LogP contribution in [0.2, 0.25) is 0 Å². The Morgan fingerprint density at radius 2 is 1.88 bits per heavy atom. The van der Waals surface area contributed by atoms with E-state index in [9.17, 15) is 4.79 Å². The molecule has 0 fully saturated rings. The average molecular weight is 382 g/mol. The van der Waals surface area contributed by atoms with Crippen molar-refractivity contribution in [1.29, 1.82) is 0 Å². The third-order valence-electron chi connectivity index (χ3n) is 3.55. The Kier molecular flexibility index (Phi) is 5.33. The normalized spacial score (nSPS) is 10.4. The smallest absolute Gasteiger partial charge is 0.224 e. The molecule has 4 nitrogen and oxygen atoms in total. The minimum atomic E-state index is -0.00272. The number of halogens is 1. The quantitative estimate of drug-likeness (QED) is 0.731. The molecule has 1 aromatic carbocycles. The summed E-state index contributed by atoms with van der Waals surface area (Å²) in [6, 6.07) is 15.5. The molecule has 0 aliphatic heterocycles. The van der Waals surface area contributed by atoms with Crippen LogP contribution >= 0.6 is 15.9 Å². The van der Waals surface area contributed by atoms with Crippen molar-refractivity contribution in [3.8, 4) is 11.3 Å². The van der Waals surface area contributed by atoms with Crippen LogP contribution in [0.25, 0.3) is 11.3 Å². The first-order valence-corrected chi connectivity index (χ1v) is 8.36. The van der Waals surface area contributed by atoms with Crippen molar-refractivity contribution in [2.24, 2.45) is 0 Å². The maximum atomic E-state index is 12.1. The van der Waals surface area contributed by atoms with Crippen molar-refractivity contribution in [3.63, 3.8) is 0 Å². The van der Waals surface area contributed by atoms with Gasteiger partial charge in [0.25, 0.3) is 0 Å². The highest BCUT2D eigenvalue weighted by Gasteiger charge is 2.05. The number of hydrogen-bond donors (Lipinski definition) is 1. The number of nitrogens with one attached hydrogen (secondary N) is 1. The van der Waals surface area contributed by atoms with Crippen LogP contribution in [-0.4, -0.2) is 15.9 Å². The minimum Gasteiger partial charge on any atom is -0.352 e. The zero-order valence-electron chi connectivity index (χ0n) is 12.9. The summed E-state index contributed by atoms with van der Waals surface area (Å²) in [5, 5.41) is 2.95. The zero-order valence-corrected chi connectivity index (χ0v) is 14.5. The van der Waals surface area contributed by atoms with Crippen molar-refractivity contribution in [3.05, 3.63) is 82.7 Å². The fourth-order valence-electron chi connectivity index (χ4n) is 2.31. The second-order valence-electron chi connectivity index (χ2n) is 5.37. The molecule has 2 aromatic heterocycles. The molecular weight excluding hydrogens is 366 g/mol. The second-order valence-corrected chi connectivity index (χ2v) is 6.29. The predicted molar refractivity (Wildman–Crippen MR) is 97.2 cm³/mol. The number of rotatable bonds is 5. The van der Waals surface area contributed by atoms with E-state index in [1.54, 1.807) is 18.6 Å². The van der Waals surface area contributed by atoms with Crippen LogP contribution in [0.5, 0.6) is 0 Å². The van der Waals surface area contributed by atoms with Crippen LogP contribution in [0.1, 0.15) is 11.1 Å². The standard InChI is InChI=1S/C19H16BrN3O/c20-17-5-3-14(4-6-17)11-19(24)23-12-15-7-9-22-18(10-15)16-2-1-8-21-13-16/h1-10,13H,11-12H2,(H,23,24). The Hall–Kier alpha value is -2.53. The van der Waals surface area contributed by atoms with E-state index in [-0.39, 0.29) is 5.91 Å². The highest BCUT2D eigenvalue weighted by atomic mass is 79.9. The van der Waals surface area contributed by atoms with Gasteiger partial charge in [0, 0.05) is 35.2 Å². The molecule has 0 bridgehead atoms. The third kappa shape index (κ3) is 4.49. The van der Waals surface area contributed by atoms with Crippen LogP contribution in [-0.2, 0) is 17.8 Å². The maximum absolute atomic E-state index is 12.1. The molecule has 3 aromatic rings. The van der Waals surface area contributed by atoms with E-state index in [4.69, 9.17) is 0 Å². The molecule has 0 radical (unpaired) electrons. The monoisotopic (exact) mass is 381 g/mol. The minimum absolute atomic E-state index is 0.00272. The first kappa shape index (κ1) is 16.3. The molecule has 120 valence electrons. The number of benzene rings is 1. The summed E-state index contributed by atoms with van der Waals surface area (Å²) in [6.45, 7) is 0.477. The van der Waals surface area contributed by atoms with Crippen molar-refractivity contribution in [2.45, 2.75) is 13.0 Å². The molecule has 0 saturated heterocycles. The lowest BCUT2D eigenvalue weighted by molar-refractivity contribution is -0.120. The number of pyridine rings is 2. The lowest BCUT2D eigenvalue weighted by Gasteiger charge is -2.07. The number of carbonyl (C=O) groups is 1. The van der Waals surface area contributed by atoms with Crippen LogP contribution in [0.4, 0.5) is 0 Å². The van der Waals surface area contributed by atoms with E-state index < -0.39 is 0 Å². The van der Waals surface area contributed by atoms with Crippen molar-refractivity contribution in [1.82, 2.24) is 15.3 Å². The fourth-order valence-corrected chi connectivity index (χ4v) is 2.57. The Morgan fingerprint density at radius 1 is 1.04 bits per heavy atom. The summed E-state index contributed by atoms with van der Waals surface area (Å²) in [4.78, 5) is 20.5. The van der Waals surface area contributed by atoms with Gasteiger partial charge in [0.2, 0.25) is 5.91 Å². The highest BCUT2D eigenvalue weighted by Crippen LogP contribution is 2.16. The molecule has 1 N–H and O–H groups in total. The molecular formula is C19H16BrN3O. The average Bonchev–Trinajstić information content (AvgIpc) is 2.63. The van der Waals surface area contributed by atoms with Crippen molar-refractivity contribution in [2.75, 3.05) is 0 Å². The number of amides is 1. The van der Waals surface area contributed by atoms with E-state index in [0.717, 1.165) is 26.9 Å². The molecule has 5 heteroatoms. The van der Waals surface area contributed by atoms with E-state index >= 15 is 0 Å². The summed E-state index contributed by atoms with van der Waals surface area (Å²) in [5.41, 5.74) is 3.80. The van der Waals surface area contributed by atoms with Crippen LogP contribution in [0, 0.1) is 0 Å². The Morgan fingerprint density at radius 3 is 2.62 bits per heavy atom. The van der Waals surface area contributed by atoms with Gasteiger partial charge in [0.15, 0.2) is 0 Å². The van der Waals surface area contributed by atoms with Gasteiger partial charge in [-0.2, -0.15) is 0 Å². The second kappa shape index (κ2) is 7.84. The topological polar surface area (TPSA) is 54.9 Å². The van der Waals surface area contributed by atoms with Gasteiger partial charge < -0.3 is 5.32 Å². The number of aromatic nitrogens is 2. The van der Waals surface area contributed by atoms with E-state index in [2.05, 4.69) is 31.2 Å². The van der Waals surface area contributed by atoms with Crippen molar-refractivity contribution >= 4 is 21.8 Å². The lowest BCUT2D eigenvalue weighted by atomic mass is 10.1. The van der Waals surface area contributed by atoms with Gasteiger partial charge >= 0.3 is 0 Å². The van der Waals surface area contributed by atoms with Gasteiger partial charge in [0.05, 0.1) is 12.1 Å². The molecule has 0 spiro atoms. The Balaban J connectivity index is 1.60. The summed E-state index contributed by atoms with van der Waals surface area (Å²) < 4.78 is 1.01. The van der Waals surface area contributed by atoms with Gasteiger partial charge in [-0.25, -0.2) is 0 Å². The molecule has 0 aliphatic carbocycles. The summed E-state index contributed by atoms with van der Waals surface area (Å²) in [6.07, 6.45) is 5.63. The maximum Gasteiger partial charge on any atom is 0.224 e. The van der Waals surface area contributed by atoms with Gasteiger partial charge in [0.1, 0.15) is 0 Å².